The molecule has 0 fully saturated rings. The Morgan fingerprint density at radius 1 is 1.23 bits per heavy atom. The van der Waals surface area contributed by atoms with Gasteiger partial charge in [0.25, 0.3) is 0 Å². The second-order valence-corrected chi connectivity index (χ2v) is 4.77. The van der Waals surface area contributed by atoms with Crippen LogP contribution in [-0.2, 0) is 0 Å². The number of halogens is 3. The van der Waals surface area contributed by atoms with Gasteiger partial charge in [-0.2, -0.15) is 0 Å². The molecule has 0 aliphatic heterocycles. The van der Waals surface area contributed by atoms with Gasteiger partial charge in [-0.3, -0.25) is 0 Å². The van der Waals surface area contributed by atoms with E-state index in [0.29, 0.717) is 16.8 Å². The molecule has 0 unspecified atom stereocenters. The first-order valence-electron chi connectivity index (χ1n) is 3.52. The maximum Gasteiger partial charge on any atom is 0.134 e. The molecule has 1 N–H and O–H groups in total. The number of hydrogen-bond acceptors (Lipinski definition) is 2. The van der Waals surface area contributed by atoms with E-state index in [4.69, 9.17) is 4.74 Å². The van der Waals surface area contributed by atoms with Crippen LogP contribution in [0.4, 0.5) is 0 Å². The minimum Gasteiger partial charge on any atom is -0.507 e. The smallest absolute Gasteiger partial charge is 0.134 e. The molecular weight excluding hydrogens is 368 g/mol. The van der Waals surface area contributed by atoms with E-state index in [-0.39, 0.29) is 5.75 Å². The summed E-state index contributed by atoms with van der Waals surface area (Å²) in [6.07, 6.45) is 0. The third-order valence-electron chi connectivity index (χ3n) is 1.34. The lowest BCUT2D eigenvalue weighted by molar-refractivity contribution is 0.341. The maximum atomic E-state index is 9.31. The van der Waals surface area contributed by atoms with Gasteiger partial charge in [0.1, 0.15) is 11.5 Å². The van der Waals surface area contributed by atoms with Gasteiger partial charge in [0.05, 0.1) is 15.6 Å². The lowest BCUT2D eigenvalue weighted by Crippen LogP contribution is -1.98. The van der Waals surface area contributed by atoms with Gasteiger partial charge in [0, 0.05) is 5.33 Å². The van der Waals surface area contributed by atoms with Gasteiger partial charge in [-0.15, -0.1) is 0 Å². The van der Waals surface area contributed by atoms with Crippen LogP contribution in [-0.4, -0.2) is 17.0 Å². The first-order valence-corrected chi connectivity index (χ1v) is 6.22. The Hall–Kier alpha value is 0.260. The zero-order valence-electron chi connectivity index (χ0n) is 6.56. The molecule has 1 rings (SSSR count). The van der Waals surface area contributed by atoms with Crippen molar-refractivity contribution in [3.63, 3.8) is 0 Å². The van der Waals surface area contributed by atoms with E-state index in [1.807, 2.05) is 0 Å². The normalized spacial score (nSPS) is 10.1. The van der Waals surface area contributed by atoms with Crippen molar-refractivity contribution in [3.05, 3.63) is 21.1 Å². The van der Waals surface area contributed by atoms with Crippen molar-refractivity contribution in [3.8, 4) is 11.5 Å². The zero-order valence-corrected chi connectivity index (χ0v) is 11.3. The molecule has 13 heavy (non-hydrogen) atoms. The maximum absolute atomic E-state index is 9.31. The van der Waals surface area contributed by atoms with E-state index in [2.05, 4.69) is 47.8 Å². The number of hydrogen-bond donors (Lipinski definition) is 1. The van der Waals surface area contributed by atoms with E-state index < -0.39 is 0 Å². The minimum atomic E-state index is 0.193. The summed E-state index contributed by atoms with van der Waals surface area (Å²) in [6, 6.07) is 3.32. The first-order chi connectivity index (χ1) is 6.15. The lowest BCUT2D eigenvalue weighted by atomic mass is 10.3. The number of phenolic OH excluding ortho intramolecular Hbond substituents is 1. The van der Waals surface area contributed by atoms with Crippen molar-refractivity contribution in [2.75, 3.05) is 11.9 Å². The van der Waals surface area contributed by atoms with Gasteiger partial charge in [-0.25, -0.2) is 0 Å². The molecular formula is C8H7Br3O2. The number of ether oxygens (including phenoxy) is 1. The van der Waals surface area contributed by atoms with E-state index in [9.17, 15) is 5.11 Å². The average molecular weight is 375 g/mol. The van der Waals surface area contributed by atoms with Crippen LogP contribution in [0.15, 0.2) is 21.1 Å². The number of benzene rings is 1. The Bertz CT molecular complexity index is 302. The lowest BCUT2D eigenvalue weighted by Gasteiger charge is -2.07. The van der Waals surface area contributed by atoms with E-state index >= 15 is 0 Å². The average Bonchev–Trinajstić information content (AvgIpc) is 2.09. The Morgan fingerprint density at radius 3 is 2.54 bits per heavy atom. The zero-order chi connectivity index (χ0) is 9.84. The van der Waals surface area contributed by atoms with Gasteiger partial charge in [0.2, 0.25) is 0 Å². The molecule has 0 radical (unpaired) electrons. The van der Waals surface area contributed by atoms with Gasteiger partial charge >= 0.3 is 0 Å². The van der Waals surface area contributed by atoms with Crippen LogP contribution in [0.3, 0.4) is 0 Å². The van der Waals surface area contributed by atoms with Gasteiger partial charge < -0.3 is 9.84 Å². The molecule has 0 aliphatic rings. The second kappa shape index (κ2) is 5.22. The molecule has 0 amide bonds. The monoisotopic (exact) mass is 372 g/mol. The van der Waals surface area contributed by atoms with Crippen molar-refractivity contribution >= 4 is 47.8 Å². The predicted octanol–water partition coefficient (Wildman–Crippen LogP) is 3.69. The topological polar surface area (TPSA) is 29.5 Å². The molecule has 0 bridgehead atoms. The van der Waals surface area contributed by atoms with Crippen molar-refractivity contribution in [2.45, 2.75) is 0 Å². The quantitative estimate of drug-likeness (QED) is 0.818. The summed E-state index contributed by atoms with van der Waals surface area (Å²) in [6.45, 7) is 0.593. The molecule has 2 nitrogen and oxygen atoms in total. The van der Waals surface area contributed by atoms with E-state index in [1.165, 1.54) is 0 Å². The van der Waals surface area contributed by atoms with Crippen molar-refractivity contribution in [1.82, 2.24) is 0 Å². The summed E-state index contributed by atoms with van der Waals surface area (Å²) in [7, 11) is 0. The van der Waals surface area contributed by atoms with Gasteiger partial charge in [0.15, 0.2) is 0 Å². The number of rotatable bonds is 3. The highest BCUT2D eigenvalue weighted by atomic mass is 79.9. The summed E-state index contributed by atoms with van der Waals surface area (Å²) < 4.78 is 6.76. The van der Waals surface area contributed by atoms with E-state index in [1.54, 1.807) is 12.1 Å². The SMILES string of the molecule is Oc1cc(Br)c(OCCBr)cc1Br. The van der Waals surface area contributed by atoms with Crippen molar-refractivity contribution in [2.24, 2.45) is 0 Å². The summed E-state index contributed by atoms with van der Waals surface area (Å²) in [4.78, 5) is 0. The number of aromatic hydroxyl groups is 1. The van der Waals surface area contributed by atoms with Crippen LogP contribution in [0.25, 0.3) is 0 Å². The number of phenols is 1. The molecule has 0 aromatic heterocycles. The molecule has 0 heterocycles. The highest BCUT2D eigenvalue weighted by Crippen LogP contribution is 2.35. The fourth-order valence-electron chi connectivity index (χ4n) is 0.777. The fourth-order valence-corrected chi connectivity index (χ4v) is 1.71. The van der Waals surface area contributed by atoms with Gasteiger partial charge in [-0.1, -0.05) is 15.9 Å². The van der Waals surface area contributed by atoms with Crippen LogP contribution in [0.1, 0.15) is 0 Å². The van der Waals surface area contributed by atoms with Crippen molar-refractivity contribution < 1.29 is 9.84 Å². The highest BCUT2D eigenvalue weighted by molar-refractivity contribution is 9.11. The summed E-state index contributed by atoms with van der Waals surface area (Å²) in [5.74, 6) is 0.905. The van der Waals surface area contributed by atoms with E-state index in [0.717, 1.165) is 9.80 Å². The summed E-state index contributed by atoms with van der Waals surface area (Å²) in [5, 5.41) is 10.1. The van der Waals surface area contributed by atoms with Crippen LogP contribution >= 0.6 is 47.8 Å². The van der Waals surface area contributed by atoms with Crippen LogP contribution in [0.5, 0.6) is 11.5 Å². The third-order valence-corrected chi connectivity index (χ3v) is 2.91. The minimum absolute atomic E-state index is 0.193. The Morgan fingerprint density at radius 2 is 1.92 bits per heavy atom. The molecule has 0 saturated heterocycles. The molecule has 0 atom stereocenters. The molecule has 0 saturated carbocycles. The largest absolute Gasteiger partial charge is 0.507 e. The molecule has 0 spiro atoms. The van der Waals surface area contributed by atoms with Crippen LogP contribution < -0.4 is 4.74 Å². The second-order valence-electron chi connectivity index (χ2n) is 2.27. The predicted molar refractivity (Wildman–Crippen MR) is 62.8 cm³/mol. The molecule has 72 valence electrons. The highest BCUT2D eigenvalue weighted by Gasteiger charge is 2.06. The molecule has 1 aromatic carbocycles. The molecule has 5 heteroatoms. The van der Waals surface area contributed by atoms with Crippen molar-refractivity contribution in [1.29, 1.82) is 0 Å². The number of alkyl halides is 1. The standard InChI is InChI=1S/C8H7Br3O2/c9-1-2-13-8-4-5(10)7(12)3-6(8)11/h3-4,12H,1-2H2. The van der Waals surface area contributed by atoms with Gasteiger partial charge in [-0.05, 0) is 44.0 Å². The Kier molecular flexibility index (Phi) is 4.55. The fraction of sp³-hybridized carbons (Fsp3) is 0.250. The Balaban J connectivity index is 2.88. The first kappa shape index (κ1) is 11.3. The van der Waals surface area contributed by atoms with Crippen LogP contribution in [0, 0.1) is 0 Å². The third kappa shape index (κ3) is 3.14. The summed E-state index contributed by atoms with van der Waals surface area (Å²) in [5.41, 5.74) is 0. The van der Waals surface area contributed by atoms with Crippen LogP contribution in [0.2, 0.25) is 0 Å². The molecule has 1 aromatic rings. The summed E-state index contributed by atoms with van der Waals surface area (Å²) >= 11 is 9.76. The Labute approximate surface area is 102 Å². The molecule has 0 aliphatic carbocycles.